The first-order valence-corrected chi connectivity index (χ1v) is 5.57. The van der Waals surface area contributed by atoms with E-state index in [0.717, 1.165) is 18.4 Å². The molecule has 3 rings (SSSR count). The molecule has 1 aromatic carbocycles. The van der Waals surface area contributed by atoms with E-state index in [9.17, 15) is 9.59 Å². The fraction of sp³-hybridized carbons (Fsp3) is 0.385. The highest BCUT2D eigenvalue weighted by atomic mass is 16.6. The first kappa shape index (κ1) is 9.58. The van der Waals surface area contributed by atoms with Crippen LogP contribution >= 0.6 is 0 Å². The molecule has 1 saturated carbocycles. The van der Waals surface area contributed by atoms with Crippen molar-refractivity contribution in [2.24, 2.45) is 5.41 Å². The molecule has 0 radical (unpaired) electrons. The van der Waals surface area contributed by atoms with Crippen molar-refractivity contribution in [3.05, 3.63) is 35.9 Å². The topological polar surface area (TPSA) is 43.4 Å². The predicted octanol–water partition coefficient (Wildman–Crippen LogP) is 2.02. The van der Waals surface area contributed by atoms with E-state index in [-0.39, 0.29) is 17.9 Å². The smallest absolute Gasteiger partial charge is 0.331 e. The Bertz CT molecular complexity index is 436. The zero-order valence-electron chi connectivity index (χ0n) is 8.81. The van der Waals surface area contributed by atoms with E-state index in [1.807, 2.05) is 30.3 Å². The molecular formula is C13H12O3. The number of carbonyl (C=O) groups is 2. The van der Waals surface area contributed by atoms with Crippen LogP contribution in [-0.4, -0.2) is 11.9 Å². The highest BCUT2D eigenvalue weighted by Crippen LogP contribution is 2.55. The maximum Gasteiger partial charge on any atom is 0.331 e. The van der Waals surface area contributed by atoms with Gasteiger partial charge in [-0.2, -0.15) is 0 Å². The summed E-state index contributed by atoms with van der Waals surface area (Å²) < 4.78 is 4.55. The van der Waals surface area contributed by atoms with Gasteiger partial charge in [0.25, 0.3) is 0 Å². The van der Waals surface area contributed by atoms with Crippen molar-refractivity contribution in [3.8, 4) is 0 Å². The van der Waals surface area contributed by atoms with Crippen molar-refractivity contribution in [2.75, 3.05) is 0 Å². The van der Waals surface area contributed by atoms with Crippen molar-refractivity contribution < 1.29 is 14.3 Å². The molecule has 1 atom stereocenters. The van der Waals surface area contributed by atoms with Gasteiger partial charge < -0.3 is 4.74 Å². The SMILES string of the molecule is O=C1OC(=O)C12CCCC2c1ccccc1. The fourth-order valence-electron chi connectivity index (χ4n) is 2.93. The second-order valence-electron chi connectivity index (χ2n) is 4.50. The summed E-state index contributed by atoms with van der Waals surface area (Å²) in [7, 11) is 0. The van der Waals surface area contributed by atoms with E-state index < -0.39 is 5.41 Å². The van der Waals surface area contributed by atoms with Crippen LogP contribution in [0.1, 0.15) is 30.7 Å². The quantitative estimate of drug-likeness (QED) is 0.533. The van der Waals surface area contributed by atoms with Crippen LogP contribution in [-0.2, 0) is 14.3 Å². The van der Waals surface area contributed by atoms with E-state index in [1.54, 1.807) is 0 Å². The number of cyclic esters (lactones) is 2. The maximum absolute atomic E-state index is 11.6. The molecule has 0 aromatic heterocycles. The summed E-state index contributed by atoms with van der Waals surface area (Å²) in [6, 6.07) is 9.78. The average Bonchev–Trinajstić information content (AvgIpc) is 2.78. The van der Waals surface area contributed by atoms with E-state index in [0.29, 0.717) is 6.42 Å². The largest absolute Gasteiger partial charge is 0.391 e. The molecule has 1 aromatic rings. The molecule has 0 N–H and O–H groups in total. The summed E-state index contributed by atoms with van der Waals surface area (Å²) in [6.45, 7) is 0. The summed E-state index contributed by atoms with van der Waals surface area (Å²) in [5, 5.41) is 0. The van der Waals surface area contributed by atoms with E-state index in [1.165, 1.54) is 0 Å². The number of esters is 2. The number of hydrogen-bond donors (Lipinski definition) is 0. The lowest BCUT2D eigenvalue weighted by Crippen LogP contribution is -2.54. The van der Waals surface area contributed by atoms with E-state index in [4.69, 9.17) is 0 Å². The summed E-state index contributed by atoms with van der Waals surface area (Å²) >= 11 is 0. The average molecular weight is 216 g/mol. The summed E-state index contributed by atoms with van der Waals surface area (Å²) in [5.74, 6) is -0.643. The Kier molecular flexibility index (Phi) is 1.90. The second kappa shape index (κ2) is 3.17. The van der Waals surface area contributed by atoms with Gasteiger partial charge in [-0.15, -0.1) is 0 Å². The molecule has 0 amide bonds. The number of carbonyl (C=O) groups excluding carboxylic acids is 2. The Balaban J connectivity index is 2.02. The number of ether oxygens (including phenoxy) is 1. The Hall–Kier alpha value is -1.64. The van der Waals surface area contributed by atoms with Crippen LogP contribution in [0.4, 0.5) is 0 Å². The zero-order chi connectivity index (χ0) is 11.2. The number of benzene rings is 1. The molecular weight excluding hydrogens is 204 g/mol. The molecule has 1 spiro atoms. The molecule has 1 aliphatic carbocycles. The molecule has 2 fully saturated rings. The Morgan fingerprint density at radius 2 is 1.81 bits per heavy atom. The van der Waals surface area contributed by atoms with Crippen LogP contribution in [0.2, 0.25) is 0 Å². The van der Waals surface area contributed by atoms with Crippen LogP contribution in [0.3, 0.4) is 0 Å². The van der Waals surface area contributed by atoms with Gasteiger partial charge in [0.15, 0.2) is 5.41 Å². The molecule has 2 aliphatic rings. The van der Waals surface area contributed by atoms with Gasteiger partial charge in [0.2, 0.25) is 0 Å². The standard InChI is InChI=1S/C13H12O3/c14-11-13(12(15)16-11)8-4-7-10(13)9-5-2-1-3-6-9/h1-3,5-6,10H,4,7-8H2. The Morgan fingerprint density at radius 1 is 1.12 bits per heavy atom. The maximum atomic E-state index is 11.6. The van der Waals surface area contributed by atoms with Gasteiger partial charge in [-0.25, -0.2) is 0 Å². The van der Waals surface area contributed by atoms with Crippen LogP contribution in [0.5, 0.6) is 0 Å². The van der Waals surface area contributed by atoms with Gasteiger partial charge >= 0.3 is 11.9 Å². The minimum Gasteiger partial charge on any atom is -0.391 e. The van der Waals surface area contributed by atoms with Gasteiger partial charge in [-0.1, -0.05) is 36.8 Å². The minimum atomic E-state index is -0.846. The molecule has 3 nitrogen and oxygen atoms in total. The van der Waals surface area contributed by atoms with Crippen molar-refractivity contribution in [3.63, 3.8) is 0 Å². The van der Waals surface area contributed by atoms with Crippen molar-refractivity contribution >= 4 is 11.9 Å². The van der Waals surface area contributed by atoms with Gasteiger partial charge in [0, 0.05) is 5.92 Å². The van der Waals surface area contributed by atoms with E-state index >= 15 is 0 Å². The number of hydrogen-bond acceptors (Lipinski definition) is 3. The lowest BCUT2D eigenvalue weighted by Gasteiger charge is -2.37. The normalized spacial score (nSPS) is 26.6. The van der Waals surface area contributed by atoms with Gasteiger partial charge in [-0.3, -0.25) is 9.59 Å². The molecule has 1 unspecified atom stereocenters. The van der Waals surface area contributed by atoms with Crippen molar-refractivity contribution in [2.45, 2.75) is 25.2 Å². The summed E-state index contributed by atoms with van der Waals surface area (Å²) in [5.41, 5.74) is 0.228. The van der Waals surface area contributed by atoms with Crippen molar-refractivity contribution in [1.82, 2.24) is 0 Å². The third kappa shape index (κ3) is 1.03. The number of rotatable bonds is 1. The summed E-state index contributed by atoms with van der Waals surface area (Å²) in [4.78, 5) is 23.2. The lowest BCUT2D eigenvalue weighted by molar-refractivity contribution is -0.197. The first-order chi connectivity index (χ1) is 7.75. The van der Waals surface area contributed by atoms with Gasteiger partial charge in [0.05, 0.1) is 0 Å². The Morgan fingerprint density at radius 3 is 2.44 bits per heavy atom. The molecule has 0 bridgehead atoms. The van der Waals surface area contributed by atoms with Gasteiger partial charge in [0.1, 0.15) is 0 Å². The van der Waals surface area contributed by atoms with Crippen molar-refractivity contribution in [1.29, 1.82) is 0 Å². The van der Waals surface area contributed by atoms with Crippen LogP contribution < -0.4 is 0 Å². The fourth-order valence-corrected chi connectivity index (χ4v) is 2.93. The first-order valence-electron chi connectivity index (χ1n) is 5.57. The molecule has 3 heteroatoms. The third-order valence-corrected chi connectivity index (χ3v) is 3.77. The molecule has 1 saturated heterocycles. The summed E-state index contributed by atoms with van der Waals surface area (Å²) in [6.07, 6.45) is 2.45. The predicted molar refractivity (Wildman–Crippen MR) is 56.6 cm³/mol. The third-order valence-electron chi connectivity index (χ3n) is 3.77. The second-order valence-corrected chi connectivity index (χ2v) is 4.50. The minimum absolute atomic E-state index is 0.0162. The highest BCUT2D eigenvalue weighted by Gasteiger charge is 2.65. The molecule has 1 heterocycles. The lowest BCUT2D eigenvalue weighted by atomic mass is 9.71. The zero-order valence-corrected chi connectivity index (χ0v) is 8.81. The molecule has 1 aliphatic heterocycles. The highest BCUT2D eigenvalue weighted by molar-refractivity contribution is 6.15. The van der Waals surface area contributed by atoms with Crippen LogP contribution in [0.15, 0.2) is 30.3 Å². The van der Waals surface area contributed by atoms with Crippen LogP contribution in [0, 0.1) is 5.41 Å². The monoisotopic (exact) mass is 216 g/mol. The van der Waals surface area contributed by atoms with Crippen LogP contribution in [0.25, 0.3) is 0 Å². The Labute approximate surface area is 93.4 Å². The molecule has 16 heavy (non-hydrogen) atoms. The molecule has 82 valence electrons. The van der Waals surface area contributed by atoms with E-state index in [2.05, 4.69) is 4.74 Å². The van der Waals surface area contributed by atoms with Gasteiger partial charge in [-0.05, 0) is 18.4 Å².